The Kier molecular flexibility index (Phi) is 5.94. The Labute approximate surface area is 125 Å². The molecule has 1 fully saturated rings. The summed E-state index contributed by atoms with van der Waals surface area (Å²) >= 11 is 0. The van der Waals surface area contributed by atoms with E-state index in [2.05, 4.69) is 4.72 Å². The largest absolute Gasteiger partial charge is 0.330 e. The van der Waals surface area contributed by atoms with Gasteiger partial charge in [-0.3, -0.25) is 0 Å². The number of sulfonamides is 1. The molecule has 7 heteroatoms. The first-order chi connectivity index (χ1) is 8.95. The van der Waals surface area contributed by atoms with Crippen LogP contribution in [0.25, 0.3) is 0 Å². The molecule has 1 aromatic carbocycles. The van der Waals surface area contributed by atoms with E-state index in [1.54, 1.807) is 13.0 Å². The average Bonchev–Trinajstić information content (AvgIpc) is 2.74. The molecule has 0 heterocycles. The number of hydrogen-bond acceptors (Lipinski definition) is 3. The topological polar surface area (TPSA) is 72.2 Å². The summed E-state index contributed by atoms with van der Waals surface area (Å²) in [5.41, 5.74) is 6.04. The summed E-state index contributed by atoms with van der Waals surface area (Å²) in [4.78, 5) is -0.252. The van der Waals surface area contributed by atoms with Crippen molar-refractivity contribution in [3.05, 3.63) is 29.6 Å². The maximum Gasteiger partial charge on any atom is 0.244 e. The van der Waals surface area contributed by atoms with Gasteiger partial charge in [0.15, 0.2) is 0 Å². The van der Waals surface area contributed by atoms with Crippen LogP contribution in [0, 0.1) is 18.7 Å². The molecule has 1 saturated carbocycles. The third-order valence-corrected chi connectivity index (χ3v) is 5.37. The zero-order valence-electron chi connectivity index (χ0n) is 11.3. The van der Waals surface area contributed by atoms with Gasteiger partial charge in [-0.2, -0.15) is 0 Å². The van der Waals surface area contributed by atoms with Crippen molar-refractivity contribution in [3.8, 4) is 0 Å². The van der Waals surface area contributed by atoms with Crippen molar-refractivity contribution in [3.63, 3.8) is 0 Å². The van der Waals surface area contributed by atoms with Gasteiger partial charge in [-0.05, 0) is 43.9 Å². The van der Waals surface area contributed by atoms with E-state index in [0.717, 1.165) is 25.3 Å². The van der Waals surface area contributed by atoms with E-state index in [9.17, 15) is 12.8 Å². The summed E-state index contributed by atoms with van der Waals surface area (Å²) in [6.07, 6.45) is 2.62. The molecule has 0 spiro atoms. The van der Waals surface area contributed by atoms with Crippen LogP contribution in [0.3, 0.4) is 0 Å². The highest BCUT2D eigenvalue weighted by molar-refractivity contribution is 7.89. The fourth-order valence-electron chi connectivity index (χ4n) is 2.69. The number of nitrogens with one attached hydrogen (secondary N) is 1. The lowest BCUT2D eigenvalue weighted by atomic mass is 10.1. The van der Waals surface area contributed by atoms with E-state index in [0.29, 0.717) is 12.1 Å². The van der Waals surface area contributed by atoms with E-state index < -0.39 is 15.8 Å². The highest BCUT2D eigenvalue weighted by atomic mass is 35.5. The Morgan fingerprint density at radius 2 is 2.10 bits per heavy atom. The van der Waals surface area contributed by atoms with Crippen molar-refractivity contribution in [2.45, 2.75) is 37.1 Å². The minimum atomic E-state index is -3.83. The molecule has 0 amide bonds. The average molecular weight is 323 g/mol. The standard InChI is InChI=1S/C13H19FN2O2S.ClH/c1-9-4-2-6-11(14)13(9)19(17,18)16-12-7-3-5-10(12)8-15;/h2,4,6,10,12,16H,3,5,7-8,15H2,1H3;1H. The van der Waals surface area contributed by atoms with Gasteiger partial charge in [0.05, 0.1) is 0 Å². The summed E-state index contributed by atoms with van der Waals surface area (Å²) in [6.45, 7) is 2.04. The fraction of sp³-hybridized carbons (Fsp3) is 0.538. The number of hydrogen-bond donors (Lipinski definition) is 2. The summed E-state index contributed by atoms with van der Waals surface area (Å²) in [6, 6.07) is 4.07. The summed E-state index contributed by atoms with van der Waals surface area (Å²) in [5, 5.41) is 0. The quantitative estimate of drug-likeness (QED) is 0.890. The van der Waals surface area contributed by atoms with Crippen LogP contribution >= 0.6 is 12.4 Å². The van der Waals surface area contributed by atoms with Crippen molar-refractivity contribution < 1.29 is 12.8 Å². The van der Waals surface area contributed by atoms with Crippen LogP contribution in [-0.2, 0) is 10.0 Å². The second-order valence-electron chi connectivity index (χ2n) is 5.04. The number of benzene rings is 1. The number of halogens is 2. The van der Waals surface area contributed by atoms with E-state index in [1.165, 1.54) is 6.07 Å². The smallest absolute Gasteiger partial charge is 0.244 e. The lowest BCUT2D eigenvalue weighted by molar-refractivity contribution is 0.450. The van der Waals surface area contributed by atoms with Gasteiger partial charge < -0.3 is 5.73 Å². The second kappa shape index (κ2) is 6.85. The first-order valence-corrected chi connectivity index (χ1v) is 7.91. The molecule has 1 aliphatic carbocycles. The lowest BCUT2D eigenvalue weighted by Gasteiger charge is -2.20. The van der Waals surface area contributed by atoms with Gasteiger partial charge in [-0.25, -0.2) is 17.5 Å². The Morgan fingerprint density at radius 1 is 1.40 bits per heavy atom. The van der Waals surface area contributed by atoms with Crippen LogP contribution in [0.1, 0.15) is 24.8 Å². The van der Waals surface area contributed by atoms with Gasteiger partial charge in [0.25, 0.3) is 0 Å². The normalized spacial score (nSPS) is 22.6. The molecular weight excluding hydrogens is 303 g/mol. The monoisotopic (exact) mass is 322 g/mol. The van der Waals surface area contributed by atoms with E-state index >= 15 is 0 Å². The van der Waals surface area contributed by atoms with E-state index in [4.69, 9.17) is 5.73 Å². The first-order valence-electron chi connectivity index (χ1n) is 6.43. The molecule has 0 bridgehead atoms. The van der Waals surface area contributed by atoms with Crippen molar-refractivity contribution in [1.82, 2.24) is 4.72 Å². The third kappa shape index (κ3) is 3.49. The molecule has 0 aromatic heterocycles. The van der Waals surface area contributed by atoms with Crippen LogP contribution in [0.2, 0.25) is 0 Å². The Bertz CT molecular complexity index is 545. The van der Waals surface area contributed by atoms with Gasteiger partial charge in [-0.15, -0.1) is 12.4 Å². The maximum absolute atomic E-state index is 13.8. The van der Waals surface area contributed by atoms with Crippen LogP contribution < -0.4 is 10.5 Å². The lowest BCUT2D eigenvalue weighted by Crippen LogP contribution is -2.40. The molecule has 2 rings (SSSR count). The number of rotatable bonds is 4. The highest BCUT2D eigenvalue weighted by Gasteiger charge is 2.32. The molecule has 2 unspecified atom stereocenters. The van der Waals surface area contributed by atoms with Gasteiger partial charge in [0.2, 0.25) is 10.0 Å². The second-order valence-corrected chi connectivity index (χ2v) is 6.69. The zero-order valence-corrected chi connectivity index (χ0v) is 12.9. The SMILES string of the molecule is Cc1cccc(F)c1S(=O)(=O)NC1CCCC1CN.Cl. The van der Waals surface area contributed by atoms with Crippen LogP contribution in [0.5, 0.6) is 0 Å². The summed E-state index contributed by atoms with van der Waals surface area (Å²) in [7, 11) is -3.83. The van der Waals surface area contributed by atoms with Gasteiger partial charge in [0.1, 0.15) is 10.7 Å². The van der Waals surface area contributed by atoms with Crippen molar-refractivity contribution in [2.75, 3.05) is 6.54 Å². The number of aryl methyl sites for hydroxylation is 1. The molecule has 0 radical (unpaired) electrons. The Balaban J connectivity index is 0.00000200. The van der Waals surface area contributed by atoms with E-state index in [-0.39, 0.29) is 29.3 Å². The molecule has 3 N–H and O–H groups in total. The minimum Gasteiger partial charge on any atom is -0.330 e. The molecule has 0 aliphatic heterocycles. The molecule has 20 heavy (non-hydrogen) atoms. The van der Waals surface area contributed by atoms with Crippen molar-refractivity contribution in [1.29, 1.82) is 0 Å². The van der Waals surface area contributed by atoms with Gasteiger partial charge >= 0.3 is 0 Å². The Hall–Kier alpha value is -0.690. The summed E-state index contributed by atoms with van der Waals surface area (Å²) < 4.78 is 41.0. The maximum atomic E-state index is 13.8. The highest BCUT2D eigenvalue weighted by Crippen LogP contribution is 2.27. The molecular formula is C13H20ClFN2O2S. The molecule has 1 aromatic rings. The predicted molar refractivity (Wildman–Crippen MR) is 78.9 cm³/mol. The minimum absolute atomic E-state index is 0. The molecule has 4 nitrogen and oxygen atoms in total. The zero-order chi connectivity index (χ0) is 14.0. The molecule has 1 aliphatic rings. The number of nitrogens with two attached hydrogens (primary N) is 1. The van der Waals surface area contributed by atoms with Crippen molar-refractivity contribution in [2.24, 2.45) is 11.7 Å². The molecule has 0 saturated heterocycles. The first kappa shape index (κ1) is 17.4. The predicted octanol–water partition coefficient (Wildman–Crippen LogP) is 1.96. The fourth-order valence-corrected chi connectivity index (χ4v) is 4.33. The Morgan fingerprint density at radius 3 is 2.70 bits per heavy atom. The summed E-state index contributed by atoms with van der Waals surface area (Å²) in [5.74, 6) is -0.573. The van der Waals surface area contributed by atoms with Gasteiger partial charge in [-0.1, -0.05) is 18.6 Å². The van der Waals surface area contributed by atoms with Crippen LogP contribution in [0.4, 0.5) is 4.39 Å². The van der Waals surface area contributed by atoms with E-state index in [1.807, 2.05) is 0 Å². The third-order valence-electron chi connectivity index (χ3n) is 3.70. The van der Waals surface area contributed by atoms with Crippen molar-refractivity contribution >= 4 is 22.4 Å². The molecule has 2 atom stereocenters. The van der Waals surface area contributed by atoms with Gasteiger partial charge in [0, 0.05) is 6.04 Å². The van der Waals surface area contributed by atoms with Crippen LogP contribution in [-0.4, -0.2) is 21.0 Å². The molecule has 114 valence electrons. The van der Waals surface area contributed by atoms with Crippen LogP contribution in [0.15, 0.2) is 23.1 Å².